The van der Waals surface area contributed by atoms with Crippen LogP contribution < -0.4 is 15.0 Å². The third-order valence-corrected chi connectivity index (χ3v) is 3.04. The van der Waals surface area contributed by atoms with Crippen molar-refractivity contribution >= 4 is 5.97 Å². The summed E-state index contributed by atoms with van der Waals surface area (Å²) < 4.78 is 10.5. The Morgan fingerprint density at radius 2 is 1.90 bits per heavy atom. The smallest absolute Gasteiger partial charge is 0.343 e. The number of aromatic nitrogens is 2. The number of hydrogen-bond donors (Lipinski definition) is 3. The van der Waals surface area contributed by atoms with Crippen molar-refractivity contribution in [3.05, 3.63) is 33.6 Å². The molecule has 0 aliphatic rings. The van der Waals surface area contributed by atoms with E-state index in [1.165, 1.54) is 14.2 Å². The number of aromatic amines is 2. The van der Waals surface area contributed by atoms with Gasteiger partial charge in [0, 0.05) is 11.1 Å². The fourth-order valence-electron chi connectivity index (χ4n) is 2.12. The summed E-state index contributed by atoms with van der Waals surface area (Å²) in [6.07, 6.45) is 0. The normalized spacial score (nSPS) is 10.3. The molecule has 1 heterocycles. The monoisotopic (exact) mass is 278 g/mol. The molecule has 7 nitrogen and oxygen atoms in total. The van der Waals surface area contributed by atoms with Crippen molar-refractivity contribution in [2.24, 2.45) is 0 Å². The summed E-state index contributed by atoms with van der Waals surface area (Å²) in [5.41, 5.74) is 0.313. The topological polar surface area (TPSA) is 104 Å². The van der Waals surface area contributed by atoms with Gasteiger partial charge in [0.15, 0.2) is 5.56 Å². The molecule has 0 amide bonds. The Bertz CT molecular complexity index is 714. The molecule has 7 heteroatoms. The van der Waals surface area contributed by atoms with E-state index in [-0.39, 0.29) is 11.3 Å². The molecule has 106 valence electrons. The number of ether oxygens (including phenoxy) is 2. The fraction of sp³-hybridized carbons (Fsp3) is 0.231. The average molecular weight is 278 g/mol. The minimum atomic E-state index is -1.31. The van der Waals surface area contributed by atoms with Gasteiger partial charge in [0.25, 0.3) is 5.56 Å². The lowest BCUT2D eigenvalue weighted by molar-refractivity contribution is 0.0696. The lowest BCUT2D eigenvalue weighted by atomic mass is 10.0. The molecule has 0 radical (unpaired) electrons. The molecule has 0 aliphatic heterocycles. The van der Waals surface area contributed by atoms with Gasteiger partial charge in [0.05, 0.1) is 19.9 Å². The first-order valence-corrected chi connectivity index (χ1v) is 5.77. The average Bonchev–Trinajstić information content (AvgIpc) is 2.80. The van der Waals surface area contributed by atoms with Crippen LogP contribution >= 0.6 is 0 Å². The second kappa shape index (κ2) is 5.12. The molecule has 0 aliphatic carbocycles. The van der Waals surface area contributed by atoms with Crippen molar-refractivity contribution in [3.63, 3.8) is 0 Å². The van der Waals surface area contributed by atoms with Gasteiger partial charge >= 0.3 is 5.97 Å². The summed E-state index contributed by atoms with van der Waals surface area (Å²) in [4.78, 5) is 22.7. The van der Waals surface area contributed by atoms with Crippen molar-refractivity contribution in [1.29, 1.82) is 0 Å². The maximum atomic E-state index is 11.5. The van der Waals surface area contributed by atoms with Gasteiger partial charge in [-0.15, -0.1) is 0 Å². The fourth-order valence-corrected chi connectivity index (χ4v) is 2.12. The first-order chi connectivity index (χ1) is 9.51. The molecule has 20 heavy (non-hydrogen) atoms. The van der Waals surface area contributed by atoms with Gasteiger partial charge in [-0.1, -0.05) is 0 Å². The number of methoxy groups -OCH3 is 2. The van der Waals surface area contributed by atoms with Gasteiger partial charge in [-0.3, -0.25) is 15.0 Å². The Morgan fingerprint density at radius 3 is 2.45 bits per heavy atom. The predicted molar refractivity (Wildman–Crippen MR) is 71.6 cm³/mol. The van der Waals surface area contributed by atoms with E-state index in [1.54, 1.807) is 19.1 Å². The Morgan fingerprint density at radius 1 is 1.20 bits per heavy atom. The van der Waals surface area contributed by atoms with E-state index in [1.807, 2.05) is 0 Å². The lowest BCUT2D eigenvalue weighted by Gasteiger charge is -2.13. The molecule has 1 aromatic heterocycles. The highest BCUT2D eigenvalue weighted by Gasteiger charge is 2.22. The Balaban J connectivity index is 2.74. The number of carboxylic acids is 1. The van der Waals surface area contributed by atoms with Crippen LogP contribution in [0.3, 0.4) is 0 Å². The van der Waals surface area contributed by atoms with Crippen LogP contribution in [0.5, 0.6) is 11.5 Å². The molecular formula is C13H14N2O5. The Hall–Kier alpha value is -2.70. The maximum Gasteiger partial charge on any atom is 0.343 e. The van der Waals surface area contributed by atoms with Crippen molar-refractivity contribution in [3.8, 4) is 22.8 Å². The van der Waals surface area contributed by atoms with Gasteiger partial charge in [0.1, 0.15) is 11.5 Å². The zero-order valence-corrected chi connectivity index (χ0v) is 11.2. The molecule has 1 aromatic carbocycles. The highest BCUT2D eigenvalue weighted by atomic mass is 16.5. The van der Waals surface area contributed by atoms with E-state index in [2.05, 4.69) is 10.2 Å². The number of carboxylic acid groups (broad SMARTS) is 1. The van der Waals surface area contributed by atoms with Crippen molar-refractivity contribution in [2.45, 2.75) is 6.92 Å². The molecule has 0 spiro atoms. The van der Waals surface area contributed by atoms with Crippen molar-refractivity contribution in [1.82, 2.24) is 10.2 Å². The number of benzene rings is 1. The molecular weight excluding hydrogens is 264 g/mol. The summed E-state index contributed by atoms with van der Waals surface area (Å²) in [6, 6.07) is 3.32. The minimum absolute atomic E-state index is 0.171. The van der Waals surface area contributed by atoms with Crippen LogP contribution in [0.15, 0.2) is 16.9 Å². The lowest BCUT2D eigenvalue weighted by Crippen LogP contribution is -2.12. The Kier molecular flexibility index (Phi) is 3.51. The number of nitrogens with one attached hydrogen (secondary N) is 2. The molecule has 0 unspecified atom stereocenters. The van der Waals surface area contributed by atoms with Crippen LogP contribution in [0.1, 0.15) is 15.9 Å². The van der Waals surface area contributed by atoms with E-state index >= 15 is 0 Å². The molecule has 0 bridgehead atoms. The molecule has 2 aromatic rings. The molecule has 2 rings (SSSR count). The number of hydrogen-bond acceptors (Lipinski definition) is 4. The SMILES string of the molecule is COc1ccc(-c2[nH][nH]c(=O)c2C(=O)O)c(OC)c1C. The van der Waals surface area contributed by atoms with Crippen LogP contribution in [0.25, 0.3) is 11.3 Å². The summed E-state index contributed by atoms with van der Waals surface area (Å²) in [7, 11) is 3.00. The Labute approximate surface area is 114 Å². The van der Waals surface area contributed by atoms with Crippen molar-refractivity contribution < 1.29 is 19.4 Å². The van der Waals surface area contributed by atoms with E-state index < -0.39 is 11.5 Å². The van der Waals surface area contributed by atoms with E-state index in [4.69, 9.17) is 14.6 Å². The largest absolute Gasteiger partial charge is 0.496 e. The van der Waals surface area contributed by atoms with Gasteiger partial charge in [-0.2, -0.15) is 0 Å². The first kappa shape index (κ1) is 13.7. The van der Waals surface area contributed by atoms with Crippen LogP contribution in [-0.4, -0.2) is 35.5 Å². The van der Waals surface area contributed by atoms with Gasteiger partial charge in [0.2, 0.25) is 0 Å². The predicted octanol–water partition coefficient (Wildman–Crippen LogP) is 1.39. The van der Waals surface area contributed by atoms with Crippen molar-refractivity contribution in [2.75, 3.05) is 14.2 Å². The zero-order valence-electron chi connectivity index (χ0n) is 11.2. The van der Waals surface area contributed by atoms with E-state index in [0.29, 0.717) is 22.6 Å². The second-order valence-electron chi connectivity index (χ2n) is 4.11. The number of H-pyrrole nitrogens is 2. The first-order valence-electron chi connectivity index (χ1n) is 5.77. The second-order valence-corrected chi connectivity index (χ2v) is 4.11. The minimum Gasteiger partial charge on any atom is -0.496 e. The van der Waals surface area contributed by atoms with Gasteiger partial charge in [-0.05, 0) is 19.1 Å². The molecule has 3 N–H and O–H groups in total. The molecule has 0 atom stereocenters. The van der Waals surface area contributed by atoms with E-state index in [9.17, 15) is 9.59 Å². The molecule has 0 saturated heterocycles. The van der Waals surface area contributed by atoms with Gasteiger partial charge < -0.3 is 14.6 Å². The maximum absolute atomic E-state index is 11.5. The van der Waals surface area contributed by atoms with Crippen LogP contribution in [0.2, 0.25) is 0 Å². The number of carbonyl (C=O) groups is 1. The number of rotatable bonds is 4. The zero-order chi connectivity index (χ0) is 14.9. The highest BCUT2D eigenvalue weighted by molar-refractivity contribution is 5.95. The van der Waals surface area contributed by atoms with Crippen LogP contribution in [0.4, 0.5) is 0 Å². The summed E-state index contributed by atoms with van der Waals surface area (Å²) in [6.45, 7) is 1.78. The van der Waals surface area contributed by atoms with Crippen LogP contribution in [-0.2, 0) is 0 Å². The summed E-state index contributed by atoms with van der Waals surface area (Å²) >= 11 is 0. The highest BCUT2D eigenvalue weighted by Crippen LogP contribution is 2.37. The summed E-state index contributed by atoms with van der Waals surface area (Å²) in [5.74, 6) is -0.250. The third-order valence-electron chi connectivity index (χ3n) is 3.04. The standard InChI is InChI=1S/C13H14N2O5/c1-6-8(19-2)5-4-7(11(6)20-3)10-9(13(17)18)12(16)15-14-10/h4-5H,1-3H3,(H,17,18)(H2,14,15,16). The molecule has 0 saturated carbocycles. The number of aromatic carboxylic acids is 1. The molecule has 0 fully saturated rings. The van der Waals surface area contributed by atoms with Gasteiger partial charge in [-0.25, -0.2) is 4.79 Å². The quantitative estimate of drug-likeness (QED) is 0.784. The van der Waals surface area contributed by atoms with E-state index in [0.717, 1.165) is 0 Å². The third kappa shape index (κ3) is 2.03. The summed E-state index contributed by atoms with van der Waals surface area (Å²) in [5, 5.41) is 14.0. The van der Waals surface area contributed by atoms with Crippen LogP contribution in [0, 0.1) is 6.92 Å².